The summed E-state index contributed by atoms with van der Waals surface area (Å²) in [4.78, 5) is 7.41. The van der Waals surface area contributed by atoms with Crippen molar-refractivity contribution in [2.24, 2.45) is 0 Å². The first kappa shape index (κ1) is 9.77. The first-order valence-electron chi connectivity index (χ1n) is 5.18. The number of aromatic nitrogens is 2. The molecule has 2 aromatic rings. The molecule has 0 bridgehead atoms. The van der Waals surface area contributed by atoms with Crippen LogP contribution >= 0.6 is 0 Å². The van der Waals surface area contributed by atoms with Crippen molar-refractivity contribution in [2.75, 3.05) is 6.61 Å². The molecule has 0 amide bonds. The number of fused-ring (bicyclic) bond motifs is 1. The van der Waals surface area contributed by atoms with Crippen molar-refractivity contribution >= 4 is 11.0 Å². The molecule has 1 aliphatic heterocycles. The van der Waals surface area contributed by atoms with Crippen LogP contribution in [-0.2, 0) is 4.74 Å². The Kier molecular flexibility index (Phi) is 2.17. The van der Waals surface area contributed by atoms with E-state index in [2.05, 4.69) is 9.97 Å². The first-order chi connectivity index (χ1) is 7.75. The highest BCUT2D eigenvalue weighted by atomic mass is 16.5. The van der Waals surface area contributed by atoms with Crippen molar-refractivity contribution in [3.05, 3.63) is 30.1 Å². The van der Waals surface area contributed by atoms with E-state index in [1.54, 1.807) is 0 Å². The summed E-state index contributed by atoms with van der Waals surface area (Å²) in [5.74, 6) is 0.560. The average Bonchev–Trinajstić information content (AvgIpc) is 2.84. The molecule has 16 heavy (non-hydrogen) atoms. The third-order valence-electron chi connectivity index (χ3n) is 2.83. The van der Waals surface area contributed by atoms with E-state index in [-0.39, 0.29) is 6.61 Å². The molecule has 2 heterocycles. The number of ether oxygens (including phenoxy) is 1. The lowest BCUT2D eigenvalue weighted by Crippen LogP contribution is -2.25. The number of benzene rings is 1. The van der Waals surface area contributed by atoms with E-state index in [1.807, 2.05) is 24.3 Å². The summed E-state index contributed by atoms with van der Waals surface area (Å²) >= 11 is 0. The highest BCUT2D eigenvalue weighted by molar-refractivity contribution is 5.74. The second-order valence-corrected chi connectivity index (χ2v) is 3.95. The van der Waals surface area contributed by atoms with E-state index in [9.17, 15) is 10.2 Å². The number of imidazole rings is 1. The van der Waals surface area contributed by atoms with Gasteiger partial charge in [0.15, 0.2) is 0 Å². The number of rotatable bonds is 1. The van der Waals surface area contributed by atoms with E-state index in [0.29, 0.717) is 5.82 Å². The lowest BCUT2D eigenvalue weighted by atomic mass is 10.1. The van der Waals surface area contributed by atoms with Gasteiger partial charge in [0, 0.05) is 0 Å². The van der Waals surface area contributed by atoms with E-state index in [1.165, 1.54) is 0 Å². The number of hydrogen-bond donors (Lipinski definition) is 3. The summed E-state index contributed by atoms with van der Waals surface area (Å²) in [6, 6.07) is 7.59. The second kappa shape index (κ2) is 3.55. The number of aliphatic hydroxyl groups is 2. The zero-order valence-corrected chi connectivity index (χ0v) is 8.50. The Morgan fingerprint density at radius 1 is 1.31 bits per heavy atom. The van der Waals surface area contributed by atoms with Crippen molar-refractivity contribution in [3.63, 3.8) is 0 Å². The molecule has 1 fully saturated rings. The van der Waals surface area contributed by atoms with Gasteiger partial charge in [-0.3, -0.25) is 0 Å². The Balaban J connectivity index is 2.00. The quantitative estimate of drug-likeness (QED) is 0.648. The van der Waals surface area contributed by atoms with Crippen molar-refractivity contribution in [2.45, 2.75) is 18.3 Å². The molecule has 3 N–H and O–H groups in total. The molecule has 84 valence electrons. The minimum absolute atomic E-state index is 0.142. The smallest absolute Gasteiger partial charge is 0.144 e. The topological polar surface area (TPSA) is 78.4 Å². The van der Waals surface area contributed by atoms with Gasteiger partial charge in [-0.25, -0.2) is 4.98 Å². The molecule has 0 spiro atoms. The molecule has 3 atom stereocenters. The van der Waals surface area contributed by atoms with Crippen LogP contribution in [0.1, 0.15) is 11.9 Å². The van der Waals surface area contributed by atoms with Crippen LogP contribution in [-0.4, -0.2) is 39.0 Å². The molecule has 0 saturated carbocycles. The molecule has 5 nitrogen and oxygen atoms in total. The minimum Gasteiger partial charge on any atom is -0.388 e. The number of hydrogen-bond acceptors (Lipinski definition) is 4. The molecular formula is C11H12N2O3. The van der Waals surface area contributed by atoms with Crippen LogP contribution in [0.25, 0.3) is 11.0 Å². The summed E-state index contributed by atoms with van der Waals surface area (Å²) in [6.45, 7) is 0.142. The van der Waals surface area contributed by atoms with Crippen LogP contribution in [0.5, 0.6) is 0 Å². The molecule has 1 aromatic heterocycles. The maximum absolute atomic E-state index is 9.70. The maximum atomic E-state index is 9.70. The van der Waals surface area contributed by atoms with Crippen LogP contribution in [0.15, 0.2) is 24.3 Å². The van der Waals surface area contributed by atoms with Crippen molar-refractivity contribution in [1.29, 1.82) is 0 Å². The van der Waals surface area contributed by atoms with Crippen LogP contribution in [0.4, 0.5) is 0 Å². The lowest BCUT2D eigenvalue weighted by molar-refractivity contribution is 0.0188. The highest BCUT2D eigenvalue weighted by Crippen LogP contribution is 2.28. The Labute approximate surface area is 91.7 Å². The predicted molar refractivity (Wildman–Crippen MR) is 56.8 cm³/mol. The zero-order valence-electron chi connectivity index (χ0n) is 8.50. The van der Waals surface area contributed by atoms with Gasteiger partial charge in [-0.05, 0) is 12.1 Å². The van der Waals surface area contributed by atoms with Gasteiger partial charge in [-0.2, -0.15) is 0 Å². The summed E-state index contributed by atoms with van der Waals surface area (Å²) < 4.78 is 5.30. The van der Waals surface area contributed by atoms with Crippen LogP contribution < -0.4 is 0 Å². The number of aliphatic hydroxyl groups excluding tert-OH is 2. The monoisotopic (exact) mass is 220 g/mol. The number of para-hydroxylation sites is 2. The van der Waals surface area contributed by atoms with Gasteiger partial charge in [-0.15, -0.1) is 0 Å². The summed E-state index contributed by atoms with van der Waals surface area (Å²) in [7, 11) is 0. The van der Waals surface area contributed by atoms with Gasteiger partial charge in [0.2, 0.25) is 0 Å². The standard InChI is InChI=1S/C11H12N2O3/c14-8-5-16-10(9(8)15)11-12-6-3-1-2-4-7(6)13-11/h1-4,8-10,14-15H,5H2,(H,12,13)/t8-,9+,10+/m1/s1. The largest absolute Gasteiger partial charge is 0.388 e. The number of nitrogens with one attached hydrogen (secondary N) is 1. The summed E-state index contributed by atoms with van der Waals surface area (Å²) in [5, 5.41) is 19.1. The van der Waals surface area contributed by atoms with Crippen LogP contribution in [0.3, 0.4) is 0 Å². The number of aromatic amines is 1. The molecule has 3 rings (SSSR count). The molecule has 1 aliphatic rings. The van der Waals surface area contributed by atoms with E-state index < -0.39 is 18.3 Å². The Morgan fingerprint density at radius 2 is 2.12 bits per heavy atom. The molecule has 0 aliphatic carbocycles. The van der Waals surface area contributed by atoms with Gasteiger partial charge in [0.25, 0.3) is 0 Å². The minimum atomic E-state index is -0.916. The van der Waals surface area contributed by atoms with Crippen molar-refractivity contribution in [3.8, 4) is 0 Å². The average molecular weight is 220 g/mol. The van der Waals surface area contributed by atoms with Gasteiger partial charge in [0.05, 0.1) is 17.6 Å². The van der Waals surface area contributed by atoms with Gasteiger partial charge >= 0.3 is 0 Å². The highest BCUT2D eigenvalue weighted by Gasteiger charge is 2.37. The Morgan fingerprint density at radius 3 is 2.81 bits per heavy atom. The Hall–Kier alpha value is -1.43. The van der Waals surface area contributed by atoms with Crippen LogP contribution in [0.2, 0.25) is 0 Å². The van der Waals surface area contributed by atoms with Gasteiger partial charge < -0.3 is 19.9 Å². The maximum Gasteiger partial charge on any atom is 0.144 e. The summed E-state index contributed by atoms with van der Waals surface area (Å²) in [5.41, 5.74) is 1.73. The van der Waals surface area contributed by atoms with Gasteiger partial charge in [-0.1, -0.05) is 12.1 Å². The number of H-pyrrole nitrogens is 1. The molecule has 0 radical (unpaired) electrons. The van der Waals surface area contributed by atoms with E-state index in [4.69, 9.17) is 4.74 Å². The van der Waals surface area contributed by atoms with Crippen molar-refractivity contribution < 1.29 is 14.9 Å². The van der Waals surface area contributed by atoms with Crippen molar-refractivity contribution in [1.82, 2.24) is 9.97 Å². The lowest BCUT2D eigenvalue weighted by Gasteiger charge is -2.11. The fourth-order valence-electron chi connectivity index (χ4n) is 1.95. The predicted octanol–water partition coefficient (Wildman–Crippen LogP) is 0.356. The third-order valence-corrected chi connectivity index (χ3v) is 2.83. The first-order valence-corrected chi connectivity index (χ1v) is 5.18. The fourth-order valence-corrected chi connectivity index (χ4v) is 1.95. The third kappa shape index (κ3) is 1.41. The van der Waals surface area contributed by atoms with E-state index >= 15 is 0 Å². The van der Waals surface area contributed by atoms with E-state index in [0.717, 1.165) is 11.0 Å². The van der Waals surface area contributed by atoms with Gasteiger partial charge in [0.1, 0.15) is 24.1 Å². The molecule has 1 aromatic carbocycles. The van der Waals surface area contributed by atoms with Crippen LogP contribution in [0, 0.1) is 0 Å². The second-order valence-electron chi connectivity index (χ2n) is 3.95. The summed E-state index contributed by atoms with van der Waals surface area (Å²) in [6.07, 6.45) is -2.32. The zero-order chi connectivity index (χ0) is 11.1. The normalized spacial score (nSPS) is 30.0. The fraction of sp³-hybridized carbons (Fsp3) is 0.364. The molecule has 1 saturated heterocycles. The number of nitrogens with zero attached hydrogens (tertiary/aromatic N) is 1. The molecule has 0 unspecified atom stereocenters. The Bertz CT molecular complexity index is 478. The SMILES string of the molecule is O[C@H]1[C@H](O)CO[C@@H]1c1nc2ccccc2[nH]1. The molecule has 5 heteroatoms. The molecular weight excluding hydrogens is 208 g/mol.